The van der Waals surface area contributed by atoms with Crippen LogP contribution in [0.3, 0.4) is 0 Å². The Balaban J connectivity index is 2.68. The van der Waals surface area contributed by atoms with Crippen LogP contribution in [0.15, 0.2) is 12.2 Å². The Morgan fingerprint density at radius 3 is 2.38 bits per heavy atom. The normalized spacial score (nSPS) is 28.6. The summed E-state index contributed by atoms with van der Waals surface area (Å²) in [6.07, 6.45) is 2.38. The van der Waals surface area contributed by atoms with Crippen LogP contribution >= 0.6 is 0 Å². The zero-order valence-corrected chi connectivity index (χ0v) is 8.30. The van der Waals surface area contributed by atoms with E-state index in [9.17, 15) is 9.59 Å². The molecular formula is C11H16O2. The molecule has 1 aliphatic carbocycles. The maximum Gasteiger partial charge on any atom is 0.136 e. The first-order valence-electron chi connectivity index (χ1n) is 4.71. The van der Waals surface area contributed by atoms with Crippen molar-refractivity contribution in [1.82, 2.24) is 0 Å². The molecule has 13 heavy (non-hydrogen) atoms. The Bertz CT molecular complexity index is 253. The summed E-state index contributed by atoms with van der Waals surface area (Å²) >= 11 is 0. The molecule has 2 atom stereocenters. The number of hydrogen-bond donors (Lipinski definition) is 0. The fourth-order valence-electron chi connectivity index (χ4n) is 1.93. The highest BCUT2D eigenvalue weighted by atomic mass is 16.1. The van der Waals surface area contributed by atoms with Gasteiger partial charge in [0.15, 0.2) is 0 Å². The molecule has 0 saturated heterocycles. The van der Waals surface area contributed by atoms with Crippen molar-refractivity contribution >= 4 is 11.6 Å². The van der Waals surface area contributed by atoms with Gasteiger partial charge in [-0.2, -0.15) is 0 Å². The first-order valence-corrected chi connectivity index (χ1v) is 4.71. The third kappa shape index (κ3) is 2.27. The molecule has 0 amide bonds. The third-order valence-electron chi connectivity index (χ3n) is 2.89. The van der Waals surface area contributed by atoms with E-state index in [4.69, 9.17) is 0 Å². The van der Waals surface area contributed by atoms with E-state index in [-0.39, 0.29) is 23.4 Å². The minimum Gasteiger partial charge on any atom is -0.300 e. The average Bonchev–Trinajstić information content (AvgIpc) is 2.04. The second-order valence-electron chi connectivity index (χ2n) is 3.90. The zero-order chi connectivity index (χ0) is 10.0. The van der Waals surface area contributed by atoms with Crippen molar-refractivity contribution in [3.8, 4) is 0 Å². The van der Waals surface area contributed by atoms with E-state index in [1.807, 2.05) is 0 Å². The van der Waals surface area contributed by atoms with E-state index in [2.05, 4.69) is 6.58 Å². The number of carbonyl (C=O) groups excluding carboxylic acids is 2. The van der Waals surface area contributed by atoms with E-state index in [1.165, 1.54) is 0 Å². The largest absolute Gasteiger partial charge is 0.300 e. The highest BCUT2D eigenvalue weighted by molar-refractivity contribution is 5.84. The summed E-state index contributed by atoms with van der Waals surface area (Å²) in [5.41, 5.74) is 1.00. The third-order valence-corrected chi connectivity index (χ3v) is 2.89. The van der Waals surface area contributed by atoms with Gasteiger partial charge in [-0.1, -0.05) is 12.2 Å². The van der Waals surface area contributed by atoms with Gasteiger partial charge in [0, 0.05) is 11.8 Å². The lowest BCUT2D eigenvalue weighted by Gasteiger charge is -2.27. The predicted molar refractivity (Wildman–Crippen MR) is 51.3 cm³/mol. The fourth-order valence-corrected chi connectivity index (χ4v) is 1.93. The minimum absolute atomic E-state index is 0.0670. The van der Waals surface area contributed by atoms with Gasteiger partial charge in [-0.3, -0.25) is 9.59 Å². The molecule has 2 heteroatoms. The molecule has 0 aliphatic heterocycles. The van der Waals surface area contributed by atoms with Crippen molar-refractivity contribution in [1.29, 1.82) is 0 Å². The second kappa shape index (κ2) is 3.86. The summed E-state index contributed by atoms with van der Waals surface area (Å²) in [6, 6.07) is 0. The SMILES string of the molecule is C=C1CC[C@@H](C(C)=O)C[C@@H]1C(C)=O. The zero-order valence-electron chi connectivity index (χ0n) is 8.30. The van der Waals surface area contributed by atoms with Gasteiger partial charge in [0.1, 0.15) is 11.6 Å². The lowest BCUT2D eigenvalue weighted by Crippen LogP contribution is -2.26. The predicted octanol–water partition coefficient (Wildman–Crippen LogP) is 2.14. The molecule has 72 valence electrons. The number of carbonyl (C=O) groups is 2. The smallest absolute Gasteiger partial charge is 0.136 e. The summed E-state index contributed by atoms with van der Waals surface area (Å²) in [5, 5.41) is 0. The van der Waals surface area contributed by atoms with Crippen LogP contribution in [0.25, 0.3) is 0 Å². The van der Waals surface area contributed by atoms with Crippen LogP contribution in [-0.4, -0.2) is 11.6 Å². The summed E-state index contributed by atoms with van der Waals surface area (Å²) < 4.78 is 0. The van der Waals surface area contributed by atoms with Crippen molar-refractivity contribution in [2.45, 2.75) is 33.1 Å². The Morgan fingerprint density at radius 2 is 1.92 bits per heavy atom. The first-order chi connectivity index (χ1) is 6.02. The van der Waals surface area contributed by atoms with Gasteiger partial charge in [0.25, 0.3) is 0 Å². The summed E-state index contributed by atoms with van der Waals surface area (Å²) in [5.74, 6) is 0.372. The van der Waals surface area contributed by atoms with Crippen molar-refractivity contribution in [3.63, 3.8) is 0 Å². The Kier molecular flexibility index (Phi) is 3.02. The Morgan fingerprint density at radius 1 is 1.31 bits per heavy atom. The van der Waals surface area contributed by atoms with E-state index in [0.29, 0.717) is 6.42 Å². The fraction of sp³-hybridized carbons (Fsp3) is 0.636. The molecule has 0 radical (unpaired) electrons. The first kappa shape index (κ1) is 10.2. The van der Waals surface area contributed by atoms with Crippen molar-refractivity contribution in [2.24, 2.45) is 11.8 Å². The number of rotatable bonds is 2. The molecule has 0 N–H and O–H groups in total. The molecule has 0 spiro atoms. The molecule has 0 aromatic carbocycles. The van der Waals surface area contributed by atoms with E-state index in [1.54, 1.807) is 13.8 Å². The van der Waals surface area contributed by atoms with Gasteiger partial charge in [0.05, 0.1) is 0 Å². The minimum atomic E-state index is -0.0670. The maximum atomic E-state index is 11.2. The topological polar surface area (TPSA) is 34.1 Å². The lowest BCUT2D eigenvalue weighted by atomic mass is 9.75. The Hall–Kier alpha value is -0.920. The molecule has 1 fully saturated rings. The quantitative estimate of drug-likeness (QED) is 0.610. The van der Waals surface area contributed by atoms with Crippen molar-refractivity contribution in [3.05, 3.63) is 12.2 Å². The second-order valence-corrected chi connectivity index (χ2v) is 3.90. The van der Waals surface area contributed by atoms with Crippen LogP contribution in [0, 0.1) is 11.8 Å². The summed E-state index contributed by atoms with van der Waals surface area (Å²) in [7, 11) is 0. The van der Waals surface area contributed by atoms with Crippen LogP contribution in [0.4, 0.5) is 0 Å². The van der Waals surface area contributed by atoms with Crippen molar-refractivity contribution in [2.75, 3.05) is 0 Å². The number of Topliss-reactive ketones (excluding diaryl/α,β-unsaturated/α-hetero) is 2. The van der Waals surface area contributed by atoms with Crippen LogP contribution in [0.2, 0.25) is 0 Å². The molecule has 0 aromatic heterocycles. The number of ketones is 2. The van der Waals surface area contributed by atoms with Gasteiger partial charge in [-0.25, -0.2) is 0 Å². The van der Waals surface area contributed by atoms with Gasteiger partial charge >= 0.3 is 0 Å². The molecule has 0 heterocycles. The van der Waals surface area contributed by atoms with E-state index in [0.717, 1.165) is 18.4 Å². The molecule has 1 rings (SSSR count). The summed E-state index contributed by atoms with van der Waals surface area (Å²) in [6.45, 7) is 7.07. The van der Waals surface area contributed by atoms with Gasteiger partial charge < -0.3 is 0 Å². The standard InChI is InChI=1S/C11H16O2/c1-7-4-5-10(8(2)12)6-11(7)9(3)13/h10-11H,1,4-6H2,2-3H3/t10-,11+/m1/s1. The Labute approximate surface area is 79.0 Å². The lowest BCUT2D eigenvalue weighted by molar-refractivity contribution is -0.124. The number of allylic oxidation sites excluding steroid dienone is 1. The van der Waals surface area contributed by atoms with Crippen molar-refractivity contribution < 1.29 is 9.59 Å². The van der Waals surface area contributed by atoms with Crippen LogP contribution < -0.4 is 0 Å². The monoisotopic (exact) mass is 180 g/mol. The van der Waals surface area contributed by atoms with Crippen LogP contribution in [0.5, 0.6) is 0 Å². The van der Waals surface area contributed by atoms with Crippen LogP contribution in [0.1, 0.15) is 33.1 Å². The summed E-state index contributed by atoms with van der Waals surface area (Å²) in [4.78, 5) is 22.3. The van der Waals surface area contributed by atoms with Crippen LogP contribution in [-0.2, 0) is 9.59 Å². The molecule has 0 aromatic rings. The molecule has 1 saturated carbocycles. The molecule has 0 bridgehead atoms. The number of hydrogen-bond acceptors (Lipinski definition) is 2. The van der Waals surface area contributed by atoms with Gasteiger partial charge in [0.2, 0.25) is 0 Å². The van der Waals surface area contributed by atoms with Gasteiger partial charge in [-0.05, 0) is 33.1 Å². The van der Waals surface area contributed by atoms with Gasteiger partial charge in [-0.15, -0.1) is 0 Å². The van der Waals surface area contributed by atoms with E-state index < -0.39 is 0 Å². The average molecular weight is 180 g/mol. The van der Waals surface area contributed by atoms with E-state index >= 15 is 0 Å². The highest BCUT2D eigenvalue weighted by Gasteiger charge is 2.29. The maximum absolute atomic E-state index is 11.2. The molecule has 0 unspecified atom stereocenters. The highest BCUT2D eigenvalue weighted by Crippen LogP contribution is 2.33. The molecule has 2 nitrogen and oxygen atoms in total. The molecule has 1 aliphatic rings. The molecular weight excluding hydrogens is 164 g/mol.